The highest BCUT2D eigenvalue weighted by atomic mass is 32.2. The Morgan fingerprint density at radius 2 is 2.10 bits per heavy atom. The molecule has 5 nitrogen and oxygen atoms in total. The summed E-state index contributed by atoms with van der Waals surface area (Å²) >= 11 is 1.49. The predicted octanol–water partition coefficient (Wildman–Crippen LogP) is 0.453. The summed E-state index contributed by atoms with van der Waals surface area (Å²) in [5.74, 6) is 0.688. The number of benzene rings is 1. The molecule has 0 saturated heterocycles. The third kappa shape index (κ3) is 5.00. The zero-order valence-corrected chi connectivity index (χ0v) is 13.1. The number of hydrogen-bond acceptors (Lipinski definition) is 5. The zero-order chi connectivity index (χ0) is 15.7. The Morgan fingerprint density at radius 3 is 2.62 bits per heavy atom. The molecule has 1 aromatic rings. The lowest BCUT2D eigenvalue weighted by molar-refractivity contribution is -0.124. The van der Waals surface area contributed by atoms with Crippen molar-refractivity contribution in [2.45, 2.75) is 25.0 Å². The Balaban J connectivity index is 2.80. The van der Waals surface area contributed by atoms with E-state index in [0.717, 1.165) is 5.56 Å². The van der Waals surface area contributed by atoms with Crippen LogP contribution in [-0.4, -0.2) is 46.9 Å². The van der Waals surface area contributed by atoms with Crippen molar-refractivity contribution in [3.8, 4) is 0 Å². The van der Waals surface area contributed by atoms with Crippen molar-refractivity contribution in [3.63, 3.8) is 0 Å². The Bertz CT molecular complexity index is 430. The van der Waals surface area contributed by atoms with E-state index in [1.54, 1.807) is 0 Å². The fraction of sp³-hybridized carbons (Fsp3) is 0.533. The third-order valence-corrected chi connectivity index (χ3v) is 4.42. The van der Waals surface area contributed by atoms with E-state index in [1.165, 1.54) is 11.8 Å². The fourth-order valence-electron chi connectivity index (χ4n) is 2.21. The van der Waals surface area contributed by atoms with Gasteiger partial charge in [0.05, 0.1) is 12.7 Å². The van der Waals surface area contributed by atoms with E-state index in [4.69, 9.17) is 10.8 Å². The minimum atomic E-state index is -0.896. The topological polar surface area (TPSA) is 95.6 Å². The van der Waals surface area contributed by atoms with Crippen LogP contribution in [-0.2, 0) is 10.3 Å². The summed E-state index contributed by atoms with van der Waals surface area (Å²) in [6.07, 6.45) is -0.197. The van der Waals surface area contributed by atoms with Crippen LogP contribution in [0.3, 0.4) is 0 Å². The molecule has 0 heterocycles. The van der Waals surface area contributed by atoms with Crippen LogP contribution < -0.4 is 11.1 Å². The summed E-state index contributed by atoms with van der Waals surface area (Å²) in [4.78, 5) is 12.1. The molecule has 1 amide bonds. The van der Waals surface area contributed by atoms with Gasteiger partial charge >= 0.3 is 0 Å². The van der Waals surface area contributed by atoms with Crippen LogP contribution in [0.4, 0.5) is 0 Å². The predicted molar refractivity (Wildman–Crippen MR) is 86.0 cm³/mol. The first-order valence-electron chi connectivity index (χ1n) is 7.04. The molecular weight excluding hydrogens is 288 g/mol. The van der Waals surface area contributed by atoms with E-state index >= 15 is 0 Å². The monoisotopic (exact) mass is 312 g/mol. The molecule has 0 aliphatic rings. The number of nitrogens with one attached hydrogen (secondary N) is 1. The van der Waals surface area contributed by atoms with Gasteiger partial charge in [-0.25, -0.2) is 0 Å². The maximum atomic E-state index is 12.1. The average Bonchev–Trinajstić information content (AvgIpc) is 2.50. The minimum absolute atomic E-state index is 0.250. The molecule has 0 saturated carbocycles. The van der Waals surface area contributed by atoms with Gasteiger partial charge in [-0.05, 0) is 24.3 Å². The van der Waals surface area contributed by atoms with E-state index in [9.17, 15) is 9.90 Å². The number of aliphatic hydroxyl groups excluding tert-OH is 2. The molecular formula is C15H24N2O3S. The second kappa shape index (κ2) is 9.04. The van der Waals surface area contributed by atoms with E-state index in [0.29, 0.717) is 24.5 Å². The van der Waals surface area contributed by atoms with Crippen LogP contribution >= 0.6 is 11.8 Å². The van der Waals surface area contributed by atoms with Gasteiger partial charge in [-0.1, -0.05) is 37.3 Å². The summed E-state index contributed by atoms with van der Waals surface area (Å²) in [6.45, 7) is 2.31. The van der Waals surface area contributed by atoms with E-state index in [2.05, 4.69) is 5.32 Å². The summed E-state index contributed by atoms with van der Waals surface area (Å²) < 4.78 is 0. The lowest BCUT2D eigenvalue weighted by Crippen LogP contribution is -2.53. The van der Waals surface area contributed by atoms with Gasteiger partial charge < -0.3 is 15.9 Å². The van der Waals surface area contributed by atoms with Gasteiger partial charge in [0.2, 0.25) is 5.91 Å². The van der Waals surface area contributed by atoms with Crippen LogP contribution in [0.2, 0.25) is 0 Å². The standard InChI is InChI=1S/C15H24N2O3S/c1-2-17-15(14(16)20,12-6-4-3-5-7-12)8-9-21-11-13(19)10-18/h3-7,13,17-19H,2,8-11H2,1H3,(H2,16,20). The number of carbonyl (C=O) groups is 1. The summed E-state index contributed by atoms with van der Waals surface area (Å²) in [5, 5.41) is 21.3. The minimum Gasteiger partial charge on any atom is -0.394 e. The lowest BCUT2D eigenvalue weighted by Gasteiger charge is -2.32. The number of likely N-dealkylation sites (N-methyl/N-ethyl adjacent to an activating group) is 1. The molecule has 6 heteroatoms. The normalized spacial score (nSPS) is 15.4. The Morgan fingerprint density at radius 1 is 1.43 bits per heavy atom. The molecule has 1 aromatic carbocycles. The van der Waals surface area contributed by atoms with Gasteiger partial charge in [0, 0.05) is 5.75 Å². The first kappa shape index (κ1) is 18.0. The van der Waals surface area contributed by atoms with Crippen LogP contribution in [0.15, 0.2) is 30.3 Å². The molecule has 0 spiro atoms. The van der Waals surface area contributed by atoms with Gasteiger partial charge in [0.1, 0.15) is 5.54 Å². The molecule has 0 bridgehead atoms. The maximum absolute atomic E-state index is 12.1. The molecule has 0 aliphatic heterocycles. The zero-order valence-electron chi connectivity index (χ0n) is 12.3. The van der Waals surface area contributed by atoms with E-state index < -0.39 is 17.6 Å². The first-order valence-corrected chi connectivity index (χ1v) is 8.19. The van der Waals surface area contributed by atoms with Gasteiger partial charge in [0.15, 0.2) is 0 Å². The van der Waals surface area contributed by atoms with Crippen molar-refractivity contribution >= 4 is 17.7 Å². The van der Waals surface area contributed by atoms with Crippen molar-refractivity contribution in [2.75, 3.05) is 24.7 Å². The Hall–Kier alpha value is -1.08. The molecule has 21 heavy (non-hydrogen) atoms. The van der Waals surface area contributed by atoms with Crippen LogP contribution in [0.25, 0.3) is 0 Å². The van der Waals surface area contributed by atoms with E-state index in [-0.39, 0.29) is 6.61 Å². The maximum Gasteiger partial charge on any atom is 0.242 e. The van der Waals surface area contributed by atoms with Gasteiger partial charge in [-0.2, -0.15) is 11.8 Å². The van der Waals surface area contributed by atoms with Crippen LogP contribution in [0.5, 0.6) is 0 Å². The van der Waals surface area contributed by atoms with Crippen LogP contribution in [0.1, 0.15) is 18.9 Å². The van der Waals surface area contributed by atoms with Gasteiger partial charge in [-0.15, -0.1) is 0 Å². The van der Waals surface area contributed by atoms with Gasteiger partial charge in [0.25, 0.3) is 0 Å². The SMILES string of the molecule is CCNC(CCSCC(O)CO)(C(N)=O)c1ccccc1. The molecule has 1 rings (SSSR count). The van der Waals surface area contributed by atoms with Crippen molar-refractivity contribution in [2.24, 2.45) is 5.73 Å². The Kier molecular flexibility index (Phi) is 7.74. The molecule has 0 radical (unpaired) electrons. The second-order valence-corrected chi connectivity index (χ2v) is 5.98. The molecule has 0 fully saturated rings. The lowest BCUT2D eigenvalue weighted by atomic mass is 9.86. The molecule has 118 valence electrons. The highest BCUT2D eigenvalue weighted by molar-refractivity contribution is 7.99. The highest BCUT2D eigenvalue weighted by Gasteiger charge is 2.37. The first-order chi connectivity index (χ1) is 10.1. The highest BCUT2D eigenvalue weighted by Crippen LogP contribution is 2.27. The molecule has 2 atom stereocenters. The number of hydrogen-bond donors (Lipinski definition) is 4. The number of aliphatic hydroxyl groups is 2. The Labute approximate surface area is 129 Å². The smallest absolute Gasteiger partial charge is 0.242 e. The second-order valence-electron chi connectivity index (χ2n) is 4.83. The number of amides is 1. The third-order valence-electron chi connectivity index (χ3n) is 3.31. The van der Waals surface area contributed by atoms with Crippen molar-refractivity contribution < 1.29 is 15.0 Å². The van der Waals surface area contributed by atoms with Crippen molar-refractivity contribution in [3.05, 3.63) is 35.9 Å². The fourth-order valence-corrected chi connectivity index (χ4v) is 3.20. The van der Waals surface area contributed by atoms with Crippen molar-refractivity contribution in [1.29, 1.82) is 0 Å². The average molecular weight is 312 g/mol. The van der Waals surface area contributed by atoms with Gasteiger partial charge in [-0.3, -0.25) is 10.1 Å². The largest absolute Gasteiger partial charge is 0.394 e. The number of carbonyl (C=O) groups excluding carboxylic acids is 1. The van der Waals surface area contributed by atoms with Crippen LogP contribution in [0, 0.1) is 0 Å². The summed E-state index contributed by atoms with van der Waals surface area (Å²) in [7, 11) is 0. The number of thioether (sulfide) groups is 1. The van der Waals surface area contributed by atoms with E-state index in [1.807, 2.05) is 37.3 Å². The molecule has 2 unspecified atom stereocenters. The number of primary amides is 1. The number of rotatable bonds is 10. The quantitative estimate of drug-likeness (QED) is 0.471. The summed E-state index contributed by atoms with van der Waals surface area (Å²) in [5.41, 5.74) is 5.61. The number of nitrogens with two attached hydrogens (primary N) is 1. The van der Waals surface area contributed by atoms with Crippen molar-refractivity contribution in [1.82, 2.24) is 5.32 Å². The molecule has 0 aromatic heterocycles. The molecule has 5 N–H and O–H groups in total. The summed E-state index contributed by atoms with van der Waals surface area (Å²) in [6, 6.07) is 9.44. The molecule has 0 aliphatic carbocycles.